The summed E-state index contributed by atoms with van der Waals surface area (Å²) in [5, 5.41) is 4.66. The average molecular weight is 245 g/mol. The molecule has 1 N–H and O–H groups in total. The molecule has 1 heterocycles. The van der Waals surface area contributed by atoms with Gasteiger partial charge in [0.2, 0.25) is 0 Å². The standard InChI is InChI=1S/C16H23NO/c1-4-9-17-10-8-12(2)15-11-14-7-5-6-13(3)16(14)18-15/h5-7,11-12,17H,4,8-10H2,1-3H3. The van der Waals surface area contributed by atoms with Gasteiger partial charge in [0.05, 0.1) is 0 Å². The van der Waals surface area contributed by atoms with Gasteiger partial charge in [0.1, 0.15) is 11.3 Å². The Labute approximate surface area is 109 Å². The van der Waals surface area contributed by atoms with Crippen molar-refractivity contribution in [3.8, 4) is 0 Å². The summed E-state index contributed by atoms with van der Waals surface area (Å²) in [6, 6.07) is 8.50. The van der Waals surface area contributed by atoms with Gasteiger partial charge in [-0.25, -0.2) is 0 Å². The number of aryl methyl sites for hydroxylation is 1. The first kappa shape index (κ1) is 13.2. The van der Waals surface area contributed by atoms with E-state index in [0.717, 1.165) is 30.9 Å². The van der Waals surface area contributed by atoms with Gasteiger partial charge in [-0.15, -0.1) is 0 Å². The summed E-state index contributed by atoms with van der Waals surface area (Å²) in [6.45, 7) is 8.69. The van der Waals surface area contributed by atoms with Crippen LogP contribution >= 0.6 is 0 Å². The molecule has 0 aliphatic carbocycles. The smallest absolute Gasteiger partial charge is 0.137 e. The van der Waals surface area contributed by atoms with Crippen molar-refractivity contribution in [2.75, 3.05) is 13.1 Å². The molecule has 0 saturated heterocycles. The topological polar surface area (TPSA) is 25.2 Å². The molecule has 0 spiro atoms. The van der Waals surface area contributed by atoms with E-state index in [1.165, 1.54) is 17.4 Å². The zero-order valence-electron chi connectivity index (χ0n) is 11.6. The third-order valence-electron chi connectivity index (χ3n) is 3.43. The Morgan fingerprint density at radius 1 is 1.28 bits per heavy atom. The lowest BCUT2D eigenvalue weighted by atomic mass is 10.0. The second kappa shape index (κ2) is 6.05. The number of hydrogen-bond acceptors (Lipinski definition) is 2. The van der Waals surface area contributed by atoms with Crippen LogP contribution in [0, 0.1) is 6.92 Å². The molecule has 2 nitrogen and oxygen atoms in total. The van der Waals surface area contributed by atoms with Crippen molar-refractivity contribution in [1.29, 1.82) is 0 Å². The van der Waals surface area contributed by atoms with Gasteiger partial charge < -0.3 is 9.73 Å². The maximum atomic E-state index is 5.99. The summed E-state index contributed by atoms with van der Waals surface area (Å²) in [5.41, 5.74) is 2.26. The largest absolute Gasteiger partial charge is 0.461 e. The van der Waals surface area contributed by atoms with E-state index in [1.807, 2.05) is 0 Å². The molecule has 0 amide bonds. The summed E-state index contributed by atoms with van der Waals surface area (Å²) in [5.74, 6) is 1.58. The fourth-order valence-electron chi connectivity index (χ4n) is 2.23. The molecule has 18 heavy (non-hydrogen) atoms. The van der Waals surface area contributed by atoms with Gasteiger partial charge in [0, 0.05) is 11.3 Å². The summed E-state index contributed by atoms with van der Waals surface area (Å²) in [6.07, 6.45) is 2.32. The highest BCUT2D eigenvalue weighted by Gasteiger charge is 2.12. The van der Waals surface area contributed by atoms with Gasteiger partial charge >= 0.3 is 0 Å². The van der Waals surface area contributed by atoms with Crippen LogP contribution < -0.4 is 5.32 Å². The van der Waals surface area contributed by atoms with Crippen molar-refractivity contribution >= 4 is 11.0 Å². The maximum Gasteiger partial charge on any atom is 0.137 e. The van der Waals surface area contributed by atoms with Crippen LogP contribution in [0.4, 0.5) is 0 Å². The van der Waals surface area contributed by atoms with Gasteiger partial charge in [-0.05, 0) is 44.5 Å². The van der Waals surface area contributed by atoms with E-state index in [0.29, 0.717) is 5.92 Å². The molecule has 2 aromatic rings. The fraction of sp³-hybridized carbons (Fsp3) is 0.500. The zero-order chi connectivity index (χ0) is 13.0. The Morgan fingerprint density at radius 2 is 2.11 bits per heavy atom. The number of rotatable bonds is 6. The van der Waals surface area contributed by atoms with Gasteiger partial charge in [0.15, 0.2) is 0 Å². The van der Waals surface area contributed by atoms with E-state index in [1.54, 1.807) is 0 Å². The van der Waals surface area contributed by atoms with Crippen LogP contribution in [0.1, 0.15) is 43.9 Å². The monoisotopic (exact) mass is 245 g/mol. The van der Waals surface area contributed by atoms with E-state index in [2.05, 4.69) is 50.4 Å². The summed E-state index contributed by atoms with van der Waals surface area (Å²) < 4.78 is 5.99. The Morgan fingerprint density at radius 3 is 2.83 bits per heavy atom. The minimum absolute atomic E-state index is 0.473. The molecule has 0 aliphatic heterocycles. The Bertz CT molecular complexity index is 501. The van der Waals surface area contributed by atoms with Crippen LogP contribution in [-0.2, 0) is 0 Å². The first-order chi connectivity index (χ1) is 8.72. The van der Waals surface area contributed by atoms with Crippen LogP contribution in [0.15, 0.2) is 28.7 Å². The molecule has 0 saturated carbocycles. The summed E-state index contributed by atoms with van der Waals surface area (Å²) in [7, 11) is 0. The van der Waals surface area contributed by atoms with Crippen LogP contribution in [0.25, 0.3) is 11.0 Å². The van der Waals surface area contributed by atoms with E-state index < -0.39 is 0 Å². The van der Waals surface area contributed by atoms with Crippen LogP contribution in [0.2, 0.25) is 0 Å². The number of furan rings is 1. The first-order valence-corrected chi connectivity index (χ1v) is 6.92. The van der Waals surface area contributed by atoms with Crippen molar-refractivity contribution in [3.05, 3.63) is 35.6 Å². The molecule has 98 valence electrons. The Balaban J connectivity index is 2.04. The fourth-order valence-corrected chi connectivity index (χ4v) is 2.23. The molecule has 2 heteroatoms. The van der Waals surface area contributed by atoms with Crippen molar-refractivity contribution in [1.82, 2.24) is 5.32 Å². The van der Waals surface area contributed by atoms with Crippen molar-refractivity contribution < 1.29 is 4.42 Å². The second-order valence-corrected chi connectivity index (χ2v) is 5.08. The molecule has 2 rings (SSSR count). The number of fused-ring (bicyclic) bond motifs is 1. The van der Waals surface area contributed by atoms with E-state index in [-0.39, 0.29) is 0 Å². The van der Waals surface area contributed by atoms with Gasteiger partial charge in [-0.1, -0.05) is 32.0 Å². The molecular weight excluding hydrogens is 222 g/mol. The quantitative estimate of drug-likeness (QED) is 0.770. The highest BCUT2D eigenvalue weighted by molar-refractivity contribution is 5.80. The van der Waals surface area contributed by atoms with Gasteiger partial charge in [0.25, 0.3) is 0 Å². The Hall–Kier alpha value is -1.28. The number of nitrogens with one attached hydrogen (secondary N) is 1. The molecule has 0 bridgehead atoms. The van der Waals surface area contributed by atoms with E-state index in [9.17, 15) is 0 Å². The lowest BCUT2D eigenvalue weighted by Gasteiger charge is -2.08. The third-order valence-corrected chi connectivity index (χ3v) is 3.43. The molecule has 1 atom stereocenters. The predicted molar refractivity (Wildman–Crippen MR) is 77.1 cm³/mol. The van der Waals surface area contributed by atoms with E-state index in [4.69, 9.17) is 4.42 Å². The molecular formula is C16H23NO. The minimum Gasteiger partial charge on any atom is -0.461 e. The molecule has 1 unspecified atom stereocenters. The zero-order valence-corrected chi connectivity index (χ0v) is 11.6. The SMILES string of the molecule is CCCNCCC(C)c1cc2cccc(C)c2o1. The van der Waals surface area contributed by atoms with E-state index >= 15 is 0 Å². The molecule has 1 aromatic carbocycles. The van der Waals surface area contributed by atoms with Crippen LogP contribution in [0.5, 0.6) is 0 Å². The maximum absolute atomic E-state index is 5.99. The predicted octanol–water partition coefficient (Wildman–Crippen LogP) is 4.23. The minimum atomic E-state index is 0.473. The normalized spacial score (nSPS) is 13.1. The third kappa shape index (κ3) is 2.94. The molecule has 0 fully saturated rings. The lowest BCUT2D eigenvalue weighted by molar-refractivity contribution is 0.477. The van der Waals surface area contributed by atoms with Crippen molar-refractivity contribution in [2.45, 2.75) is 39.5 Å². The van der Waals surface area contributed by atoms with Crippen molar-refractivity contribution in [3.63, 3.8) is 0 Å². The highest BCUT2D eigenvalue weighted by Crippen LogP contribution is 2.28. The van der Waals surface area contributed by atoms with Crippen LogP contribution in [0.3, 0.4) is 0 Å². The Kier molecular flexibility index (Phi) is 4.43. The molecule has 0 aliphatic rings. The second-order valence-electron chi connectivity index (χ2n) is 5.08. The van der Waals surface area contributed by atoms with Gasteiger partial charge in [-0.2, -0.15) is 0 Å². The number of hydrogen-bond donors (Lipinski definition) is 1. The summed E-state index contributed by atoms with van der Waals surface area (Å²) in [4.78, 5) is 0. The lowest BCUT2D eigenvalue weighted by Crippen LogP contribution is -2.17. The number of para-hydroxylation sites is 1. The average Bonchev–Trinajstić information content (AvgIpc) is 2.80. The van der Waals surface area contributed by atoms with Crippen molar-refractivity contribution in [2.24, 2.45) is 0 Å². The first-order valence-electron chi connectivity index (χ1n) is 6.92. The van der Waals surface area contributed by atoms with Crippen LogP contribution in [-0.4, -0.2) is 13.1 Å². The molecule has 0 radical (unpaired) electrons. The molecule has 1 aromatic heterocycles. The summed E-state index contributed by atoms with van der Waals surface area (Å²) >= 11 is 0. The van der Waals surface area contributed by atoms with Gasteiger partial charge in [-0.3, -0.25) is 0 Å². The number of benzene rings is 1. The highest BCUT2D eigenvalue weighted by atomic mass is 16.3.